The Morgan fingerprint density at radius 2 is 1.29 bits per heavy atom. The number of carbonyl (C=O) groups excluding carboxylic acids is 2. The van der Waals surface area contributed by atoms with Crippen LogP contribution in [0.25, 0.3) is 0 Å². The maximum Gasteiger partial charge on any atom is 0.415 e. The van der Waals surface area contributed by atoms with E-state index in [-0.39, 0.29) is 0 Å². The third-order valence-electron chi connectivity index (χ3n) is 1.75. The highest BCUT2D eigenvalue weighted by molar-refractivity contribution is 6.00. The van der Waals surface area contributed by atoms with Crippen LogP contribution >= 0.6 is 0 Å². The van der Waals surface area contributed by atoms with Crippen LogP contribution in [0.4, 0.5) is 13.2 Å². The molecular weight excluding hydrogens is 205 g/mol. The molecule has 4 nitrogen and oxygen atoms in total. The lowest BCUT2D eigenvalue weighted by molar-refractivity contribution is -0.234. The third kappa shape index (κ3) is 1.80. The largest absolute Gasteiger partial charge is 0.468 e. The molecule has 0 aromatic heterocycles. The van der Waals surface area contributed by atoms with E-state index in [0.29, 0.717) is 6.92 Å². The molecule has 0 unspecified atom stereocenters. The van der Waals surface area contributed by atoms with Crippen LogP contribution in [0.3, 0.4) is 0 Å². The van der Waals surface area contributed by atoms with Gasteiger partial charge >= 0.3 is 18.1 Å². The minimum atomic E-state index is -5.05. The smallest absolute Gasteiger partial charge is 0.415 e. The zero-order valence-corrected chi connectivity index (χ0v) is 7.77. The molecule has 0 rings (SSSR count). The van der Waals surface area contributed by atoms with Gasteiger partial charge in [0.05, 0.1) is 14.2 Å². The SMILES string of the molecule is COC(=O)C(C)(C(=O)OC)C(F)(F)F. The molecule has 0 bridgehead atoms. The average molecular weight is 214 g/mol. The van der Waals surface area contributed by atoms with Crippen LogP contribution in [0.1, 0.15) is 6.92 Å². The van der Waals surface area contributed by atoms with Crippen LogP contribution in [-0.4, -0.2) is 32.3 Å². The summed E-state index contributed by atoms with van der Waals surface area (Å²) >= 11 is 0. The molecule has 0 saturated carbocycles. The van der Waals surface area contributed by atoms with E-state index in [1.165, 1.54) is 0 Å². The normalized spacial score (nSPS) is 12.1. The molecule has 0 aromatic carbocycles. The zero-order chi connectivity index (χ0) is 11.6. The molecule has 0 spiro atoms. The number of carbonyl (C=O) groups is 2. The van der Waals surface area contributed by atoms with Gasteiger partial charge in [0.2, 0.25) is 0 Å². The highest BCUT2D eigenvalue weighted by Gasteiger charge is 2.64. The molecule has 0 fully saturated rings. The number of hydrogen-bond donors (Lipinski definition) is 0. The van der Waals surface area contributed by atoms with Crippen molar-refractivity contribution in [1.29, 1.82) is 0 Å². The van der Waals surface area contributed by atoms with Gasteiger partial charge in [0.15, 0.2) is 0 Å². The first-order chi connectivity index (χ1) is 6.21. The summed E-state index contributed by atoms with van der Waals surface area (Å²) < 4.78 is 44.9. The summed E-state index contributed by atoms with van der Waals surface area (Å²) in [5.41, 5.74) is -3.27. The summed E-state index contributed by atoms with van der Waals surface area (Å²) in [6.45, 7) is 0.407. The predicted octanol–water partition coefficient (Wildman–Crippen LogP) is 0.901. The maximum atomic E-state index is 12.4. The van der Waals surface area contributed by atoms with Crippen LogP contribution < -0.4 is 0 Å². The summed E-state index contributed by atoms with van der Waals surface area (Å²) in [7, 11) is 1.52. The number of rotatable bonds is 2. The molecule has 0 aliphatic heterocycles. The Morgan fingerprint density at radius 3 is 1.43 bits per heavy atom. The Balaban J connectivity index is 5.27. The van der Waals surface area contributed by atoms with E-state index in [2.05, 4.69) is 9.47 Å². The highest BCUT2D eigenvalue weighted by Crippen LogP contribution is 2.39. The molecule has 0 radical (unpaired) electrons. The number of hydrogen-bond acceptors (Lipinski definition) is 4. The molecule has 7 heteroatoms. The van der Waals surface area contributed by atoms with E-state index >= 15 is 0 Å². The fourth-order valence-electron chi connectivity index (χ4n) is 0.723. The molecule has 82 valence electrons. The second-order valence-corrected chi connectivity index (χ2v) is 2.61. The lowest BCUT2D eigenvalue weighted by Gasteiger charge is -2.25. The topological polar surface area (TPSA) is 52.6 Å². The molecule has 14 heavy (non-hydrogen) atoms. The summed E-state index contributed by atoms with van der Waals surface area (Å²) in [5.74, 6) is -3.39. The molecule has 0 aliphatic rings. The van der Waals surface area contributed by atoms with Gasteiger partial charge in [-0.1, -0.05) is 0 Å². The van der Waals surface area contributed by atoms with Crippen LogP contribution in [0.15, 0.2) is 0 Å². The Kier molecular flexibility index (Phi) is 3.50. The number of methoxy groups -OCH3 is 2. The van der Waals surface area contributed by atoms with Crippen molar-refractivity contribution in [1.82, 2.24) is 0 Å². The second kappa shape index (κ2) is 3.85. The van der Waals surface area contributed by atoms with E-state index in [1.54, 1.807) is 0 Å². The van der Waals surface area contributed by atoms with Crippen molar-refractivity contribution in [2.45, 2.75) is 13.1 Å². The van der Waals surface area contributed by atoms with E-state index in [4.69, 9.17) is 0 Å². The molecule has 0 saturated heterocycles. The summed E-state index contributed by atoms with van der Waals surface area (Å²) in [4.78, 5) is 21.7. The first-order valence-corrected chi connectivity index (χ1v) is 3.45. The number of ether oxygens (including phenoxy) is 2. The molecular formula is C7H9F3O4. The first-order valence-electron chi connectivity index (χ1n) is 3.45. The molecule has 0 atom stereocenters. The van der Waals surface area contributed by atoms with Gasteiger partial charge in [0.25, 0.3) is 5.41 Å². The van der Waals surface area contributed by atoms with Crippen molar-refractivity contribution in [3.8, 4) is 0 Å². The van der Waals surface area contributed by atoms with Gasteiger partial charge in [0.1, 0.15) is 0 Å². The van der Waals surface area contributed by atoms with Crippen molar-refractivity contribution in [2.24, 2.45) is 5.41 Å². The highest BCUT2D eigenvalue weighted by atomic mass is 19.4. The van der Waals surface area contributed by atoms with Crippen LogP contribution in [0.5, 0.6) is 0 Å². The van der Waals surface area contributed by atoms with Crippen molar-refractivity contribution in [3.05, 3.63) is 0 Å². The van der Waals surface area contributed by atoms with Gasteiger partial charge in [-0.05, 0) is 6.92 Å². The standard InChI is InChI=1S/C7H9F3O4/c1-6(4(11)13-2,5(12)14-3)7(8,9)10/h1-3H3. The summed E-state index contributed by atoms with van der Waals surface area (Å²) in [6, 6.07) is 0. The fourth-order valence-corrected chi connectivity index (χ4v) is 0.723. The van der Waals surface area contributed by atoms with Gasteiger partial charge in [-0.15, -0.1) is 0 Å². The molecule has 0 amide bonds. The Bertz CT molecular complexity index is 230. The number of alkyl halides is 3. The lowest BCUT2D eigenvalue weighted by atomic mass is 9.90. The number of halogens is 3. The third-order valence-corrected chi connectivity index (χ3v) is 1.75. The van der Waals surface area contributed by atoms with Crippen LogP contribution in [0.2, 0.25) is 0 Å². The van der Waals surface area contributed by atoms with Gasteiger partial charge in [-0.2, -0.15) is 13.2 Å². The zero-order valence-electron chi connectivity index (χ0n) is 7.77. The van der Waals surface area contributed by atoms with Gasteiger partial charge in [-0.25, -0.2) is 0 Å². The van der Waals surface area contributed by atoms with E-state index in [1.807, 2.05) is 0 Å². The van der Waals surface area contributed by atoms with Gasteiger partial charge < -0.3 is 9.47 Å². The molecule has 0 aromatic rings. The summed E-state index contributed by atoms with van der Waals surface area (Å²) in [5, 5.41) is 0. The predicted molar refractivity (Wildman–Crippen MR) is 38.2 cm³/mol. The first kappa shape index (κ1) is 12.7. The fraction of sp³-hybridized carbons (Fsp3) is 0.714. The van der Waals surface area contributed by atoms with E-state index in [0.717, 1.165) is 14.2 Å². The molecule has 0 N–H and O–H groups in total. The maximum absolute atomic E-state index is 12.4. The second-order valence-electron chi connectivity index (χ2n) is 2.61. The van der Waals surface area contributed by atoms with Gasteiger partial charge in [0, 0.05) is 0 Å². The van der Waals surface area contributed by atoms with Crippen LogP contribution in [-0.2, 0) is 19.1 Å². The van der Waals surface area contributed by atoms with Crippen molar-refractivity contribution >= 4 is 11.9 Å². The minimum Gasteiger partial charge on any atom is -0.468 e. The van der Waals surface area contributed by atoms with Gasteiger partial charge in [-0.3, -0.25) is 9.59 Å². The van der Waals surface area contributed by atoms with E-state index in [9.17, 15) is 22.8 Å². The van der Waals surface area contributed by atoms with Crippen molar-refractivity contribution < 1.29 is 32.2 Å². The molecule has 0 aliphatic carbocycles. The van der Waals surface area contributed by atoms with E-state index < -0.39 is 23.5 Å². The quantitative estimate of drug-likeness (QED) is 0.506. The monoisotopic (exact) mass is 214 g/mol. The lowest BCUT2D eigenvalue weighted by Crippen LogP contribution is -2.50. The van der Waals surface area contributed by atoms with Crippen molar-refractivity contribution in [3.63, 3.8) is 0 Å². The summed E-state index contributed by atoms with van der Waals surface area (Å²) in [6.07, 6.45) is -5.05. The Morgan fingerprint density at radius 1 is 1.00 bits per heavy atom. The average Bonchev–Trinajstić information content (AvgIpc) is 2.12. The van der Waals surface area contributed by atoms with Crippen molar-refractivity contribution in [2.75, 3.05) is 14.2 Å². The molecule has 0 heterocycles. The number of esters is 2. The Labute approximate surface area is 78.0 Å². The van der Waals surface area contributed by atoms with Crippen LogP contribution in [0, 0.1) is 5.41 Å². The Hall–Kier alpha value is -1.27. The minimum absolute atomic E-state index is 0.407.